The summed E-state index contributed by atoms with van der Waals surface area (Å²) < 4.78 is 9.79. The lowest BCUT2D eigenvalue weighted by Crippen LogP contribution is -2.28. The van der Waals surface area contributed by atoms with E-state index in [1.54, 1.807) is 28.1 Å². The predicted octanol–water partition coefficient (Wildman–Crippen LogP) is 1.35. The first kappa shape index (κ1) is 18.0. The summed E-state index contributed by atoms with van der Waals surface area (Å²) in [5.41, 5.74) is -0.726. The van der Waals surface area contributed by atoms with E-state index in [-0.39, 0.29) is 24.8 Å². The van der Waals surface area contributed by atoms with E-state index in [9.17, 15) is 5.11 Å². The Hall–Kier alpha value is 0.130. The normalized spacial score (nSPS) is 10.5. The van der Waals surface area contributed by atoms with Gasteiger partial charge in [-0.2, -0.15) is 0 Å². The molecule has 0 radical (unpaired) electrons. The Kier molecular flexibility index (Phi) is 11.7. The SMILES string of the molecule is COC(CC(C)(C)O)OC.Cl.N. The van der Waals surface area contributed by atoms with Crippen LogP contribution in [0.15, 0.2) is 0 Å². The second kappa shape index (κ2) is 7.76. The van der Waals surface area contributed by atoms with Gasteiger partial charge in [0.1, 0.15) is 0 Å². The smallest absolute Gasteiger partial charge is 0.159 e. The van der Waals surface area contributed by atoms with Gasteiger partial charge in [-0.25, -0.2) is 0 Å². The van der Waals surface area contributed by atoms with Crippen LogP contribution in [0.25, 0.3) is 0 Å². The number of hydrogen-bond donors (Lipinski definition) is 2. The molecule has 0 saturated heterocycles. The van der Waals surface area contributed by atoms with E-state index in [1.807, 2.05) is 0 Å². The molecule has 4 nitrogen and oxygen atoms in total. The molecule has 0 fully saturated rings. The molecule has 0 aliphatic heterocycles. The van der Waals surface area contributed by atoms with Crippen molar-refractivity contribution < 1.29 is 14.6 Å². The fraction of sp³-hybridized carbons (Fsp3) is 1.00. The molecule has 4 N–H and O–H groups in total. The second-order valence-electron chi connectivity index (χ2n) is 2.92. The first-order chi connectivity index (χ1) is 4.49. The van der Waals surface area contributed by atoms with Crippen LogP contribution >= 0.6 is 12.4 Å². The molecule has 0 atom stereocenters. The number of halogens is 1. The molecule has 0 rings (SSSR count). The molecule has 0 aromatic carbocycles. The third-order valence-corrected chi connectivity index (χ3v) is 1.19. The molecule has 0 unspecified atom stereocenters. The van der Waals surface area contributed by atoms with E-state index in [0.29, 0.717) is 6.42 Å². The molecule has 12 heavy (non-hydrogen) atoms. The summed E-state index contributed by atoms with van der Waals surface area (Å²) in [6.07, 6.45) is 0.181. The molecule has 0 aliphatic carbocycles. The Bertz CT molecular complexity index is 91.1. The van der Waals surface area contributed by atoms with Crippen molar-refractivity contribution in [2.75, 3.05) is 14.2 Å². The average molecular weight is 202 g/mol. The van der Waals surface area contributed by atoms with Gasteiger partial charge in [-0.1, -0.05) is 0 Å². The maximum absolute atomic E-state index is 9.29. The van der Waals surface area contributed by atoms with E-state index in [1.165, 1.54) is 0 Å². The van der Waals surface area contributed by atoms with Crippen molar-refractivity contribution in [2.45, 2.75) is 32.2 Å². The number of rotatable bonds is 4. The van der Waals surface area contributed by atoms with E-state index in [4.69, 9.17) is 9.47 Å². The molecule has 0 bridgehead atoms. The maximum Gasteiger partial charge on any atom is 0.159 e. The van der Waals surface area contributed by atoms with Gasteiger partial charge in [0.15, 0.2) is 6.29 Å². The Balaban J connectivity index is -0.000000405. The van der Waals surface area contributed by atoms with Crippen molar-refractivity contribution in [2.24, 2.45) is 0 Å². The zero-order chi connectivity index (χ0) is 8.20. The zero-order valence-electron chi connectivity index (χ0n) is 8.16. The summed E-state index contributed by atoms with van der Waals surface area (Å²) in [5.74, 6) is 0. The van der Waals surface area contributed by atoms with Crippen LogP contribution in [0, 0.1) is 0 Å². The highest BCUT2D eigenvalue weighted by Gasteiger charge is 2.19. The highest BCUT2D eigenvalue weighted by Crippen LogP contribution is 2.12. The highest BCUT2D eigenvalue weighted by atomic mass is 35.5. The van der Waals surface area contributed by atoms with E-state index < -0.39 is 5.60 Å². The molecule has 0 aliphatic rings. The summed E-state index contributed by atoms with van der Waals surface area (Å²) in [7, 11) is 3.11. The highest BCUT2D eigenvalue weighted by molar-refractivity contribution is 5.85. The summed E-state index contributed by atoms with van der Waals surface area (Å²) in [6, 6.07) is 0. The standard InChI is InChI=1S/C7H16O3.ClH.H3N/c1-7(2,8)5-6(9-3)10-4;;/h6,8H,5H2,1-4H3;1H;1H3. The number of methoxy groups -OCH3 is 2. The van der Waals surface area contributed by atoms with Crippen LogP contribution in [0.4, 0.5) is 0 Å². The van der Waals surface area contributed by atoms with Crippen molar-refractivity contribution in [1.29, 1.82) is 0 Å². The molecule has 0 spiro atoms. The minimum atomic E-state index is -0.726. The van der Waals surface area contributed by atoms with Crippen LogP contribution in [0.2, 0.25) is 0 Å². The molecule has 78 valence electrons. The van der Waals surface area contributed by atoms with Gasteiger partial charge in [-0.15, -0.1) is 12.4 Å². The van der Waals surface area contributed by atoms with Crippen molar-refractivity contribution >= 4 is 12.4 Å². The lowest BCUT2D eigenvalue weighted by Gasteiger charge is -2.22. The monoisotopic (exact) mass is 201 g/mol. The summed E-state index contributed by atoms with van der Waals surface area (Å²) in [4.78, 5) is 0. The van der Waals surface area contributed by atoms with Crippen LogP contribution in [-0.2, 0) is 9.47 Å². The van der Waals surface area contributed by atoms with Crippen molar-refractivity contribution in [3.8, 4) is 0 Å². The molecular formula is C7H20ClNO3. The minimum Gasteiger partial charge on any atom is -0.390 e. The molecule has 5 heteroatoms. The van der Waals surface area contributed by atoms with Crippen LogP contribution in [0.5, 0.6) is 0 Å². The topological polar surface area (TPSA) is 73.7 Å². The van der Waals surface area contributed by atoms with Gasteiger partial charge in [-0.05, 0) is 13.8 Å². The first-order valence-corrected chi connectivity index (χ1v) is 3.27. The van der Waals surface area contributed by atoms with Gasteiger partial charge in [0.05, 0.1) is 5.60 Å². The third kappa shape index (κ3) is 10.1. The Morgan fingerprint density at radius 1 is 1.25 bits per heavy atom. The summed E-state index contributed by atoms with van der Waals surface area (Å²) in [6.45, 7) is 3.44. The Labute approximate surface area is 80.2 Å². The van der Waals surface area contributed by atoms with Crippen LogP contribution in [-0.4, -0.2) is 31.2 Å². The van der Waals surface area contributed by atoms with Gasteiger partial charge in [0.2, 0.25) is 0 Å². The van der Waals surface area contributed by atoms with Crippen molar-refractivity contribution in [3.05, 3.63) is 0 Å². The molecule has 0 saturated carbocycles. The number of ether oxygens (including phenoxy) is 2. The molecular weight excluding hydrogens is 182 g/mol. The summed E-state index contributed by atoms with van der Waals surface area (Å²) >= 11 is 0. The van der Waals surface area contributed by atoms with Crippen LogP contribution in [0.3, 0.4) is 0 Å². The van der Waals surface area contributed by atoms with Crippen molar-refractivity contribution in [3.63, 3.8) is 0 Å². The number of hydrogen-bond acceptors (Lipinski definition) is 4. The maximum atomic E-state index is 9.29. The van der Waals surface area contributed by atoms with Crippen LogP contribution in [0.1, 0.15) is 20.3 Å². The van der Waals surface area contributed by atoms with Gasteiger partial charge in [0.25, 0.3) is 0 Å². The second-order valence-corrected chi connectivity index (χ2v) is 2.92. The first-order valence-electron chi connectivity index (χ1n) is 3.27. The molecule has 0 aromatic rings. The fourth-order valence-electron chi connectivity index (χ4n) is 0.671. The van der Waals surface area contributed by atoms with Crippen molar-refractivity contribution in [1.82, 2.24) is 6.15 Å². The quantitative estimate of drug-likeness (QED) is 0.674. The fourth-order valence-corrected chi connectivity index (χ4v) is 0.671. The largest absolute Gasteiger partial charge is 0.390 e. The molecule has 0 aromatic heterocycles. The minimum absolute atomic E-state index is 0. The van der Waals surface area contributed by atoms with E-state index >= 15 is 0 Å². The van der Waals surface area contributed by atoms with Gasteiger partial charge in [-0.3, -0.25) is 0 Å². The number of aliphatic hydroxyl groups is 1. The van der Waals surface area contributed by atoms with E-state index in [2.05, 4.69) is 0 Å². The lowest BCUT2D eigenvalue weighted by atomic mass is 10.1. The van der Waals surface area contributed by atoms with Gasteiger partial charge < -0.3 is 20.7 Å². The van der Waals surface area contributed by atoms with Crippen LogP contribution < -0.4 is 6.15 Å². The van der Waals surface area contributed by atoms with E-state index in [0.717, 1.165) is 0 Å². The lowest BCUT2D eigenvalue weighted by molar-refractivity contribution is -0.136. The summed E-state index contributed by atoms with van der Waals surface area (Å²) in [5, 5.41) is 9.29. The van der Waals surface area contributed by atoms with Gasteiger partial charge >= 0.3 is 0 Å². The molecule has 0 heterocycles. The predicted molar refractivity (Wildman–Crippen MR) is 51.0 cm³/mol. The molecule has 0 amide bonds. The third-order valence-electron chi connectivity index (χ3n) is 1.19. The zero-order valence-corrected chi connectivity index (χ0v) is 8.98. The Morgan fingerprint density at radius 2 is 1.58 bits per heavy atom. The average Bonchev–Trinajstić information content (AvgIpc) is 1.81. The Morgan fingerprint density at radius 3 is 1.67 bits per heavy atom. The van der Waals surface area contributed by atoms with Gasteiger partial charge in [0, 0.05) is 20.6 Å².